The van der Waals surface area contributed by atoms with E-state index >= 15 is 0 Å². The average Bonchev–Trinajstić information content (AvgIpc) is 2.56. The van der Waals surface area contributed by atoms with Crippen molar-refractivity contribution in [2.24, 2.45) is 0 Å². The molecule has 0 unspecified atom stereocenters. The van der Waals surface area contributed by atoms with Crippen LogP contribution in [-0.4, -0.2) is 47.6 Å². The van der Waals surface area contributed by atoms with E-state index in [1.165, 1.54) is 6.07 Å². The maximum Gasteiger partial charge on any atom is 0.408 e. The van der Waals surface area contributed by atoms with E-state index in [4.69, 9.17) is 4.74 Å². The van der Waals surface area contributed by atoms with E-state index in [2.05, 4.69) is 10.1 Å². The van der Waals surface area contributed by atoms with Gasteiger partial charge >= 0.3 is 18.0 Å². The molecule has 0 aliphatic carbocycles. The van der Waals surface area contributed by atoms with Crippen LogP contribution in [0, 0.1) is 11.0 Å². The van der Waals surface area contributed by atoms with Gasteiger partial charge in [-0.05, 0) is 32.9 Å². The first kappa shape index (κ1) is 22.7. The van der Waals surface area contributed by atoms with E-state index in [0.29, 0.717) is 0 Å². The molecule has 0 bridgehead atoms. The Bertz CT molecular complexity index is 721. The number of ether oxygens (including phenoxy) is 2. The molecule has 9 nitrogen and oxygen atoms in total. The van der Waals surface area contributed by atoms with Crippen molar-refractivity contribution >= 4 is 35.5 Å². The van der Waals surface area contributed by atoms with Crippen LogP contribution in [0.25, 0.3) is 0 Å². The van der Waals surface area contributed by atoms with Gasteiger partial charge in [0, 0.05) is 5.75 Å². The Kier molecular flexibility index (Phi) is 8.00. The lowest BCUT2D eigenvalue weighted by Crippen LogP contribution is -2.71. The molecule has 0 saturated heterocycles. The second-order valence-electron chi connectivity index (χ2n) is 6.30. The zero-order chi connectivity index (χ0) is 20.8. The molecule has 1 rings (SSSR count). The molecule has 0 aliphatic heterocycles. The van der Waals surface area contributed by atoms with Gasteiger partial charge in [-0.2, -0.15) is 4.39 Å². The summed E-state index contributed by atoms with van der Waals surface area (Å²) >= 11 is 0.836. The van der Waals surface area contributed by atoms with Crippen molar-refractivity contribution in [2.75, 3.05) is 12.9 Å². The molecule has 1 atom stereocenters. The Morgan fingerprint density at radius 3 is 2.48 bits per heavy atom. The lowest BCUT2D eigenvalue weighted by Gasteiger charge is -2.22. The van der Waals surface area contributed by atoms with Crippen molar-refractivity contribution in [3.8, 4) is 0 Å². The van der Waals surface area contributed by atoms with Gasteiger partial charge in [-0.1, -0.05) is 0 Å². The minimum atomic E-state index is -1.34. The van der Waals surface area contributed by atoms with Gasteiger partial charge in [0.25, 0.3) is 0 Å². The van der Waals surface area contributed by atoms with Crippen molar-refractivity contribution in [3.63, 3.8) is 0 Å². The summed E-state index contributed by atoms with van der Waals surface area (Å²) in [4.78, 5) is 34.7. The largest absolute Gasteiger partial charge is 0.630 e. The van der Waals surface area contributed by atoms with Crippen LogP contribution in [0.1, 0.15) is 31.1 Å². The SMILES string of the molecule is COC(=O)c1ccc(SC[C@H](NC(=O)OC(C)(C)C)C(=O)O)c([NH2+][O-])c1F. The molecule has 1 aromatic rings. The number of thioether (sulfide) groups is 1. The lowest BCUT2D eigenvalue weighted by molar-refractivity contribution is -0.502. The molecule has 0 saturated carbocycles. The predicted octanol–water partition coefficient (Wildman–Crippen LogP) is 1.37. The van der Waals surface area contributed by atoms with Crippen molar-refractivity contribution < 1.29 is 38.8 Å². The first-order valence-corrected chi connectivity index (χ1v) is 8.69. The Morgan fingerprint density at radius 2 is 2.00 bits per heavy atom. The number of alkyl carbamates (subject to hydrolysis) is 1. The quantitative estimate of drug-likeness (QED) is 0.268. The molecule has 11 heteroatoms. The summed E-state index contributed by atoms with van der Waals surface area (Å²) in [6, 6.07) is 1.09. The topological polar surface area (TPSA) is 142 Å². The minimum absolute atomic E-state index is 0.118. The summed E-state index contributed by atoms with van der Waals surface area (Å²) in [5, 5.41) is 22.6. The third-order valence-corrected chi connectivity index (χ3v) is 4.22. The number of carboxylic acid groups (broad SMARTS) is 1. The molecule has 0 aliphatic rings. The van der Waals surface area contributed by atoms with Crippen LogP contribution < -0.4 is 10.8 Å². The number of aliphatic carboxylic acids is 1. The van der Waals surface area contributed by atoms with Crippen LogP contribution in [0.3, 0.4) is 0 Å². The predicted molar refractivity (Wildman–Crippen MR) is 94.2 cm³/mol. The number of amides is 1. The Labute approximate surface area is 159 Å². The molecule has 27 heavy (non-hydrogen) atoms. The number of carbonyl (C=O) groups is 3. The molecule has 0 spiro atoms. The van der Waals surface area contributed by atoms with Crippen LogP contribution in [0.5, 0.6) is 0 Å². The van der Waals surface area contributed by atoms with E-state index in [1.54, 1.807) is 20.8 Å². The maximum absolute atomic E-state index is 14.3. The van der Waals surface area contributed by atoms with Gasteiger partial charge in [0.1, 0.15) is 17.2 Å². The van der Waals surface area contributed by atoms with E-state index < -0.39 is 46.7 Å². The molecule has 4 N–H and O–H groups in total. The fraction of sp³-hybridized carbons (Fsp3) is 0.438. The van der Waals surface area contributed by atoms with Gasteiger partial charge in [-0.25, -0.2) is 14.4 Å². The van der Waals surface area contributed by atoms with Gasteiger partial charge in [0.2, 0.25) is 0 Å². The number of halogens is 1. The number of esters is 1. The zero-order valence-corrected chi connectivity index (χ0v) is 16.0. The summed E-state index contributed by atoms with van der Waals surface area (Å²) < 4.78 is 23.7. The Hall–Kier alpha value is -2.37. The van der Waals surface area contributed by atoms with Gasteiger partial charge in [-0.15, -0.1) is 11.8 Å². The summed E-state index contributed by atoms with van der Waals surface area (Å²) in [6.45, 7) is 4.87. The maximum atomic E-state index is 14.3. The number of hydrogen-bond acceptors (Lipinski definition) is 7. The van der Waals surface area contributed by atoms with Crippen molar-refractivity contribution in [2.45, 2.75) is 37.3 Å². The second kappa shape index (κ2) is 9.53. The normalized spacial score (nSPS) is 12.2. The molecular weight excluding hydrogens is 383 g/mol. The smallest absolute Gasteiger partial charge is 0.408 e. The number of benzene rings is 1. The number of nitrogens with two attached hydrogens (primary N) is 1. The fourth-order valence-corrected chi connectivity index (χ4v) is 2.91. The number of hydrogen-bond donors (Lipinski definition) is 3. The first-order chi connectivity index (χ1) is 12.5. The summed E-state index contributed by atoms with van der Waals surface area (Å²) in [7, 11) is 1.07. The van der Waals surface area contributed by atoms with Crippen molar-refractivity contribution in [1.29, 1.82) is 0 Å². The van der Waals surface area contributed by atoms with Gasteiger partial charge in [0.15, 0.2) is 11.5 Å². The van der Waals surface area contributed by atoms with E-state index in [1.807, 2.05) is 0 Å². The van der Waals surface area contributed by atoms with E-state index in [-0.39, 0.29) is 16.1 Å². The second-order valence-corrected chi connectivity index (χ2v) is 7.36. The fourth-order valence-electron chi connectivity index (χ4n) is 1.88. The molecule has 0 heterocycles. The summed E-state index contributed by atoms with van der Waals surface area (Å²) in [6.07, 6.45) is -0.918. The third-order valence-electron chi connectivity index (χ3n) is 3.06. The number of carboxylic acids is 1. The van der Waals surface area contributed by atoms with Crippen LogP contribution in [0.4, 0.5) is 14.9 Å². The molecule has 1 amide bonds. The highest BCUT2D eigenvalue weighted by Gasteiger charge is 2.26. The first-order valence-electron chi connectivity index (χ1n) is 7.71. The molecule has 0 aromatic heterocycles. The Balaban J connectivity index is 2.93. The van der Waals surface area contributed by atoms with E-state index in [9.17, 15) is 29.1 Å². The molecule has 0 radical (unpaired) electrons. The van der Waals surface area contributed by atoms with Gasteiger partial charge in [-0.3, -0.25) is 0 Å². The third kappa shape index (κ3) is 6.70. The Morgan fingerprint density at radius 1 is 1.37 bits per heavy atom. The number of carbonyl (C=O) groups excluding carboxylic acids is 2. The van der Waals surface area contributed by atoms with Gasteiger partial charge < -0.3 is 30.6 Å². The van der Waals surface area contributed by atoms with E-state index in [0.717, 1.165) is 24.9 Å². The summed E-state index contributed by atoms with van der Waals surface area (Å²) in [5.41, 5.74) is -1.39. The monoisotopic (exact) mass is 404 g/mol. The van der Waals surface area contributed by atoms with Crippen LogP contribution in [0.15, 0.2) is 17.0 Å². The van der Waals surface area contributed by atoms with Crippen LogP contribution in [-0.2, 0) is 14.3 Å². The van der Waals surface area contributed by atoms with Crippen molar-refractivity contribution in [1.82, 2.24) is 5.32 Å². The van der Waals surface area contributed by atoms with Crippen molar-refractivity contribution in [3.05, 3.63) is 28.7 Å². The highest BCUT2D eigenvalue weighted by atomic mass is 32.2. The number of methoxy groups -OCH3 is 1. The minimum Gasteiger partial charge on any atom is -0.630 e. The molecule has 0 fully saturated rings. The van der Waals surface area contributed by atoms with Crippen LogP contribution in [0.2, 0.25) is 0 Å². The molecule has 1 aromatic carbocycles. The number of rotatable bonds is 7. The van der Waals surface area contributed by atoms with Crippen LogP contribution >= 0.6 is 11.8 Å². The lowest BCUT2D eigenvalue weighted by atomic mass is 10.2. The summed E-state index contributed by atoms with van der Waals surface area (Å²) in [5.74, 6) is -3.53. The molecular formula is C16H21FN2O7S. The standard InChI is InChI=1S/C16H21FN2O7S/c1-16(2,3)26-15(23)18-9(13(20)21)7-27-10-6-5-8(14(22)25-4)11(17)12(10)19-24/h5-6,9H,7,19H2,1-4H3,(H,18,23)(H,20,21)/t9-/m0/s1. The highest BCUT2D eigenvalue weighted by Crippen LogP contribution is 2.29. The zero-order valence-electron chi connectivity index (χ0n) is 15.2. The average molecular weight is 404 g/mol. The number of quaternary nitrogens is 1. The molecule has 150 valence electrons. The number of nitrogens with one attached hydrogen (secondary N) is 1. The highest BCUT2D eigenvalue weighted by molar-refractivity contribution is 7.99. The van der Waals surface area contributed by atoms with Gasteiger partial charge in [0.05, 0.1) is 12.0 Å².